The van der Waals surface area contributed by atoms with Crippen molar-refractivity contribution in [3.05, 3.63) is 30.8 Å². The van der Waals surface area contributed by atoms with E-state index in [2.05, 4.69) is 38.5 Å². The van der Waals surface area contributed by atoms with Crippen LogP contribution in [0, 0.1) is 10.5 Å². The van der Waals surface area contributed by atoms with Crippen molar-refractivity contribution in [2.24, 2.45) is 0 Å². The molecule has 0 radical (unpaired) electrons. The summed E-state index contributed by atoms with van der Waals surface area (Å²) in [7, 11) is 0. The summed E-state index contributed by atoms with van der Waals surface area (Å²) in [5, 5.41) is 0.812. The Balaban J connectivity index is 3.28. The first-order chi connectivity index (χ1) is 4.61. The molecule has 0 aliphatic rings. The maximum absolute atomic E-state index is 5.85. The molecule has 10 heavy (non-hydrogen) atoms. The predicted molar refractivity (Wildman–Crippen MR) is 56.6 cm³/mol. The molecule has 0 unspecified atom stereocenters. The van der Waals surface area contributed by atoms with Gasteiger partial charge in [-0.3, -0.25) is 0 Å². The van der Waals surface area contributed by atoms with E-state index in [4.69, 9.17) is 11.6 Å². The van der Waals surface area contributed by atoms with E-state index in [1.54, 1.807) is 0 Å². The fourth-order valence-electron chi connectivity index (χ4n) is 0.622. The van der Waals surface area contributed by atoms with Crippen molar-refractivity contribution in [2.75, 3.05) is 0 Å². The Kier molecular flexibility index (Phi) is 3.01. The number of hydrogen-bond acceptors (Lipinski definition) is 0. The molecule has 1 rings (SSSR count). The van der Waals surface area contributed by atoms with Gasteiger partial charge in [-0.05, 0) is 63.1 Å². The fraction of sp³-hybridized carbons (Fsp3) is 0.143. The molecule has 0 N–H and O–H groups in total. The quantitative estimate of drug-likeness (QED) is 0.498. The molecule has 54 valence electrons. The highest BCUT2D eigenvalue weighted by molar-refractivity contribution is 14.1. The Bertz CT molecular complexity index is 210. The van der Waals surface area contributed by atoms with Crippen LogP contribution >= 0.6 is 50.1 Å². The van der Waals surface area contributed by atoms with Gasteiger partial charge in [0.25, 0.3) is 0 Å². The Labute approximate surface area is 87.2 Å². The zero-order valence-electron chi connectivity index (χ0n) is 5.29. The van der Waals surface area contributed by atoms with Gasteiger partial charge in [0, 0.05) is 13.1 Å². The highest BCUT2D eigenvalue weighted by atomic mass is 127. The molecule has 0 amide bonds. The van der Waals surface area contributed by atoms with Crippen LogP contribution in [0.4, 0.5) is 0 Å². The summed E-state index contributed by atoms with van der Waals surface area (Å²) in [5.74, 6) is 0. The van der Waals surface area contributed by atoms with E-state index in [0.29, 0.717) is 0 Å². The second-order valence-electron chi connectivity index (χ2n) is 2.02. The first-order valence-electron chi connectivity index (χ1n) is 2.72. The van der Waals surface area contributed by atoms with Crippen LogP contribution in [0.1, 0.15) is 5.56 Å². The Morgan fingerprint density at radius 2 is 2.10 bits per heavy atom. The lowest BCUT2D eigenvalue weighted by molar-refractivity contribution is 1.43. The average molecular weight is 331 g/mol. The summed E-state index contributed by atoms with van der Waals surface area (Å²) in [6, 6.07) is 3.96. The molecule has 0 aromatic heterocycles. The number of benzene rings is 1. The lowest BCUT2D eigenvalue weighted by Crippen LogP contribution is -1.79. The zero-order chi connectivity index (χ0) is 7.72. The lowest BCUT2D eigenvalue weighted by atomic mass is 10.2. The fourth-order valence-corrected chi connectivity index (χ4v) is 1.88. The molecule has 0 atom stereocenters. The van der Waals surface area contributed by atoms with Crippen LogP contribution in [0.2, 0.25) is 5.02 Å². The van der Waals surface area contributed by atoms with Gasteiger partial charge in [-0.15, -0.1) is 0 Å². The minimum atomic E-state index is 0.812. The Hall–Kier alpha value is 0.720. The largest absolute Gasteiger partial charge is 0.0840 e. The van der Waals surface area contributed by atoms with Crippen LogP contribution in [0.25, 0.3) is 0 Å². The molecule has 1 aromatic rings. The van der Waals surface area contributed by atoms with Crippen LogP contribution in [0.5, 0.6) is 0 Å². The molecular weight excluding hydrogens is 326 g/mol. The molecule has 0 spiro atoms. The molecule has 0 saturated carbocycles. The monoisotopic (exact) mass is 330 g/mol. The van der Waals surface area contributed by atoms with Gasteiger partial charge in [-0.2, -0.15) is 0 Å². The summed E-state index contributed by atoms with van der Waals surface area (Å²) < 4.78 is 2.25. The standard InChI is InChI=1S/C7H5BrClI/c1-4-2-7(10)5(8)3-6(4)9/h2-3H,1H3. The van der Waals surface area contributed by atoms with E-state index in [9.17, 15) is 0 Å². The van der Waals surface area contributed by atoms with Crippen LogP contribution in [0.3, 0.4) is 0 Å². The van der Waals surface area contributed by atoms with Crippen LogP contribution in [0.15, 0.2) is 16.6 Å². The van der Waals surface area contributed by atoms with E-state index in [1.165, 1.54) is 3.57 Å². The van der Waals surface area contributed by atoms with Crippen molar-refractivity contribution in [1.29, 1.82) is 0 Å². The van der Waals surface area contributed by atoms with Gasteiger partial charge in [0.2, 0.25) is 0 Å². The van der Waals surface area contributed by atoms with Gasteiger partial charge in [0.05, 0.1) is 0 Å². The smallest absolute Gasteiger partial charge is 0.0447 e. The highest BCUT2D eigenvalue weighted by Crippen LogP contribution is 2.25. The number of rotatable bonds is 0. The van der Waals surface area contributed by atoms with Crippen molar-refractivity contribution in [3.8, 4) is 0 Å². The first-order valence-corrected chi connectivity index (χ1v) is 4.97. The molecule has 0 saturated heterocycles. The third-order valence-electron chi connectivity index (χ3n) is 1.20. The first kappa shape index (κ1) is 8.81. The van der Waals surface area contributed by atoms with Crippen molar-refractivity contribution in [1.82, 2.24) is 0 Å². The number of hydrogen-bond donors (Lipinski definition) is 0. The third kappa shape index (κ3) is 1.86. The molecular formula is C7H5BrClI. The van der Waals surface area contributed by atoms with Gasteiger partial charge >= 0.3 is 0 Å². The summed E-state index contributed by atoms with van der Waals surface area (Å²) in [4.78, 5) is 0. The Morgan fingerprint density at radius 3 is 2.60 bits per heavy atom. The molecule has 0 aliphatic carbocycles. The van der Waals surface area contributed by atoms with Crippen molar-refractivity contribution in [2.45, 2.75) is 6.92 Å². The summed E-state index contributed by atoms with van der Waals surface area (Å²) in [5.41, 5.74) is 1.12. The minimum Gasteiger partial charge on any atom is -0.0840 e. The third-order valence-corrected chi connectivity index (χ3v) is 3.90. The predicted octanol–water partition coefficient (Wildman–Crippen LogP) is 4.02. The van der Waals surface area contributed by atoms with Crippen molar-refractivity contribution in [3.63, 3.8) is 0 Å². The van der Waals surface area contributed by atoms with Gasteiger partial charge in [0.15, 0.2) is 0 Å². The Morgan fingerprint density at radius 1 is 1.50 bits per heavy atom. The average Bonchev–Trinajstić information content (AvgIpc) is 1.84. The van der Waals surface area contributed by atoms with E-state index in [-0.39, 0.29) is 0 Å². The summed E-state index contributed by atoms with van der Waals surface area (Å²) in [6.45, 7) is 2.00. The number of halogens is 3. The second kappa shape index (κ2) is 3.41. The van der Waals surface area contributed by atoms with Gasteiger partial charge in [0.1, 0.15) is 0 Å². The maximum atomic E-state index is 5.85. The lowest BCUT2D eigenvalue weighted by Gasteiger charge is -1.99. The minimum absolute atomic E-state index is 0.812. The summed E-state index contributed by atoms with van der Waals surface area (Å²) >= 11 is 11.5. The van der Waals surface area contributed by atoms with Crippen LogP contribution < -0.4 is 0 Å². The maximum Gasteiger partial charge on any atom is 0.0447 e. The van der Waals surface area contributed by atoms with Gasteiger partial charge in [-0.1, -0.05) is 11.6 Å². The van der Waals surface area contributed by atoms with Gasteiger partial charge < -0.3 is 0 Å². The van der Waals surface area contributed by atoms with E-state index in [1.807, 2.05) is 19.1 Å². The second-order valence-corrected chi connectivity index (χ2v) is 4.44. The molecule has 3 heteroatoms. The van der Waals surface area contributed by atoms with Crippen molar-refractivity contribution < 1.29 is 0 Å². The normalized spacial score (nSPS) is 10.0. The topological polar surface area (TPSA) is 0 Å². The molecule has 0 fully saturated rings. The molecule has 0 nitrogen and oxygen atoms in total. The van der Waals surface area contributed by atoms with Crippen LogP contribution in [-0.2, 0) is 0 Å². The number of aryl methyl sites for hydroxylation is 1. The summed E-state index contributed by atoms with van der Waals surface area (Å²) in [6.07, 6.45) is 0. The molecule has 1 aromatic carbocycles. The van der Waals surface area contributed by atoms with E-state index < -0.39 is 0 Å². The van der Waals surface area contributed by atoms with Gasteiger partial charge in [-0.25, -0.2) is 0 Å². The molecule has 0 bridgehead atoms. The molecule has 0 heterocycles. The SMILES string of the molecule is Cc1cc(I)c(Br)cc1Cl. The van der Waals surface area contributed by atoms with Crippen molar-refractivity contribution >= 4 is 50.1 Å². The van der Waals surface area contributed by atoms with Crippen LogP contribution in [-0.4, -0.2) is 0 Å². The zero-order valence-corrected chi connectivity index (χ0v) is 9.79. The highest BCUT2D eigenvalue weighted by Gasteiger charge is 1.99. The van der Waals surface area contributed by atoms with E-state index >= 15 is 0 Å². The molecule has 0 aliphatic heterocycles. The van der Waals surface area contributed by atoms with E-state index in [0.717, 1.165) is 15.1 Å².